The van der Waals surface area contributed by atoms with Gasteiger partial charge in [0.2, 0.25) is 0 Å². The third-order valence-electron chi connectivity index (χ3n) is 1.99. The van der Waals surface area contributed by atoms with E-state index in [4.69, 9.17) is 16.7 Å². The Balaban J connectivity index is 2.85. The first-order valence-corrected chi connectivity index (χ1v) is 4.55. The van der Waals surface area contributed by atoms with Crippen molar-refractivity contribution in [1.82, 2.24) is 0 Å². The SMILES string of the molecule is C[C@@H](CC(=O)O)c1ccc(F)c(Cl)c1. The van der Waals surface area contributed by atoms with Crippen LogP contribution in [0.4, 0.5) is 4.39 Å². The largest absolute Gasteiger partial charge is 0.481 e. The number of halogens is 2. The summed E-state index contributed by atoms with van der Waals surface area (Å²) in [5, 5.41) is 8.59. The minimum Gasteiger partial charge on any atom is -0.481 e. The maximum absolute atomic E-state index is 12.8. The molecule has 0 bridgehead atoms. The number of rotatable bonds is 3. The van der Waals surface area contributed by atoms with E-state index in [0.717, 1.165) is 5.56 Å². The Labute approximate surface area is 86.3 Å². The average molecular weight is 217 g/mol. The van der Waals surface area contributed by atoms with E-state index in [9.17, 15) is 9.18 Å². The van der Waals surface area contributed by atoms with Gasteiger partial charge in [-0.1, -0.05) is 24.6 Å². The van der Waals surface area contributed by atoms with E-state index in [1.54, 1.807) is 13.0 Å². The molecule has 0 aliphatic carbocycles. The molecule has 0 saturated carbocycles. The molecule has 14 heavy (non-hydrogen) atoms. The van der Waals surface area contributed by atoms with Crippen molar-refractivity contribution in [3.8, 4) is 0 Å². The van der Waals surface area contributed by atoms with Crippen LogP contribution >= 0.6 is 11.6 Å². The maximum Gasteiger partial charge on any atom is 0.303 e. The predicted molar refractivity (Wildman–Crippen MR) is 52.1 cm³/mol. The number of carboxylic acid groups (broad SMARTS) is 1. The first-order valence-electron chi connectivity index (χ1n) is 4.17. The van der Waals surface area contributed by atoms with E-state index in [2.05, 4.69) is 0 Å². The highest BCUT2D eigenvalue weighted by molar-refractivity contribution is 6.30. The molecule has 0 unspecified atom stereocenters. The monoisotopic (exact) mass is 216 g/mol. The van der Waals surface area contributed by atoms with Gasteiger partial charge < -0.3 is 5.11 Å². The standard InChI is InChI=1S/C10H10ClFO2/c1-6(4-10(13)14)7-2-3-9(12)8(11)5-7/h2-3,5-6H,4H2,1H3,(H,13,14)/t6-/m0/s1. The quantitative estimate of drug-likeness (QED) is 0.843. The minimum atomic E-state index is -0.877. The van der Waals surface area contributed by atoms with Crippen LogP contribution in [0.1, 0.15) is 24.8 Å². The molecule has 1 aromatic rings. The van der Waals surface area contributed by atoms with E-state index in [1.165, 1.54) is 12.1 Å². The molecule has 0 amide bonds. The van der Waals surface area contributed by atoms with E-state index in [-0.39, 0.29) is 17.4 Å². The van der Waals surface area contributed by atoms with Crippen molar-refractivity contribution in [3.05, 3.63) is 34.6 Å². The van der Waals surface area contributed by atoms with Gasteiger partial charge in [0.1, 0.15) is 5.82 Å². The van der Waals surface area contributed by atoms with Gasteiger partial charge in [0.25, 0.3) is 0 Å². The number of hydrogen-bond donors (Lipinski definition) is 1. The molecule has 0 aromatic heterocycles. The Morgan fingerprint density at radius 3 is 2.79 bits per heavy atom. The van der Waals surface area contributed by atoms with E-state index >= 15 is 0 Å². The fourth-order valence-corrected chi connectivity index (χ4v) is 1.39. The second kappa shape index (κ2) is 4.42. The molecule has 1 rings (SSSR count). The van der Waals surface area contributed by atoms with Crippen LogP contribution in [-0.2, 0) is 4.79 Å². The molecular weight excluding hydrogens is 207 g/mol. The van der Waals surface area contributed by atoms with Crippen LogP contribution in [0, 0.1) is 5.82 Å². The fourth-order valence-electron chi connectivity index (χ4n) is 1.20. The van der Waals surface area contributed by atoms with Gasteiger partial charge >= 0.3 is 5.97 Å². The third kappa shape index (κ3) is 2.70. The van der Waals surface area contributed by atoms with Gasteiger partial charge in [0.15, 0.2) is 0 Å². The number of carboxylic acids is 1. The summed E-state index contributed by atoms with van der Waals surface area (Å²) < 4.78 is 12.8. The highest BCUT2D eigenvalue weighted by Crippen LogP contribution is 2.24. The van der Waals surface area contributed by atoms with Crippen LogP contribution in [-0.4, -0.2) is 11.1 Å². The van der Waals surface area contributed by atoms with Crippen LogP contribution in [0.15, 0.2) is 18.2 Å². The topological polar surface area (TPSA) is 37.3 Å². The zero-order valence-electron chi connectivity index (χ0n) is 7.63. The molecule has 0 heterocycles. The van der Waals surface area contributed by atoms with Crippen LogP contribution in [0.5, 0.6) is 0 Å². The summed E-state index contributed by atoms with van der Waals surface area (Å²) in [6.45, 7) is 1.76. The Morgan fingerprint density at radius 1 is 1.64 bits per heavy atom. The minimum absolute atomic E-state index is 0.0158. The molecule has 0 saturated heterocycles. The van der Waals surface area contributed by atoms with Crippen molar-refractivity contribution >= 4 is 17.6 Å². The molecule has 0 aliphatic heterocycles. The van der Waals surface area contributed by atoms with Gasteiger partial charge in [-0.3, -0.25) is 4.79 Å². The Hall–Kier alpha value is -1.09. The van der Waals surface area contributed by atoms with Crippen LogP contribution in [0.25, 0.3) is 0 Å². The second-order valence-electron chi connectivity index (χ2n) is 3.17. The predicted octanol–water partition coefficient (Wildman–Crippen LogP) is 3.06. The summed E-state index contributed by atoms with van der Waals surface area (Å²) in [4.78, 5) is 10.4. The van der Waals surface area contributed by atoms with Gasteiger partial charge in [-0.2, -0.15) is 0 Å². The number of benzene rings is 1. The molecule has 4 heteroatoms. The van der Waals surface area contributed by atoms with Crippen molar-refractivity contribution < 1.29 is 14.3 Å². The fraction of sp³-hybridized carbons (Fsp3) is 0.300. The first-order chi connectivity index (χ1) is 6.50. The molecule has 0 radical (unpaired) electrons. The summed E-state index contributed by atoms with van der Waals surface area (Å²) in [7, 11) is 0. The number of carbonyl (C=O) groups is 1. The lowest BCUT2D eigenvalue weighted by molar-refractivity contribution is -0.137. The highest BCUT2D eigenvalue weighted by Gasteiger charge is 2.11. The van der Waals surface area contributed by atoms with Gasteiger partial charge in [-0.25, -0.2) is 4.39 Å². The molecule has 1 aromatic carbocycles. The lowest BCUT2D eigenvalue weighted by atomic mass is 9.98. The van der Waals surface area contributed by atoms with E-state index < -0.39 is 11.8 Å². The smallest absolute Gasteiger partial charge is 0.303 e. The van der Waals surface area contributed by atoms with Crippen molar-refractivity contribution in [2.75, 3.05) is 0 Å². The summed E-state index contributed by atoms with van der Waals surface area (Å²) >= 11 is 5.57. The van der Waals surface area contributed by atoms with Crippen LogP contribution in [0.2, 0.25) is 5.02 Å². The van der Waals surface area contributed by atoms with Crippen molar-refractivity contribution in [2.45, 2.75) is 19.3 Å². The Bertz CT molecular complexity index is 352. The first kappa shape index (κ1) is 11.0. The zero-order valence-corrected chi connectivity index (χ0v) is 8.38. The van der Waals surface area contributed by atoms with Gasteiger partial charge in [-0.05, 0) is 23.6 Å². The van der Waals surface area contributed by atoms with Crippen molar-refractivity contribution in [3.63, 3.8) is 0 Å². The Morgan fingerprint density at radius 2 is 2.29 bits per heavy atom. The van der Waals surface area contributed by atoms with Crippen molar-refractivity contribution in [2.24, 2.45) is 0 Å². The van der Waals surface area contributed by atoms with Crippen molar-refractivity contribution in [1.29, 1.82) is 0 Å². The lowest BCUT2D eigenvalue weighted by Gasteiger charge is -2.09. The number of hydrogen-bond acceptors (Lipinski definition) is 1. The number of aliphatic carboxylic acids is 1. The molecule has 0 fully saturated rings. The van der Waals surface area contributed by atoms with Crippen LogP contribution in [0.3, 0.4) is 0 Å². The van der Waals surface area contributed by atoms with Crippen LogP contribution < -0.4 is 0 Å². The average Bonchev–Trinajstić information content (AvgIpc) is 2.08. The third-order valence-corrected chi connectivity index (χ3v) is 2.28. The summed E-state index contributed by atoms with van der Waals surface area (Å²) in [6, 6.07) is 4.26. The van der Waals surface area contributed by atoms with E-state index in [1.807, 2.05) is 0 Å². The Kier molecular flexibility index (Phi) is 3.47. The van der Waals surface area contributed by atoms with E-state index in [0.29, 0.717) is 0 Å². The van der Waals surface area contributed by atoms with Gasteiger partial charge in [0, 0.05) is 0 Å². The van der Waals surface area contributed by atoms with Gasteiger partial charge in [0.05, 0.1) is 11.4 Å². The maximum atomic E-state index is 12.8. The molecule has 76 valence electrons. The lowest BCUT2D eigenvalue weighted by Crippen LogP contribution is -2.02. The molecule has 0 aliphatic rings. The molecular formula is C10H10ClFO2. The summed E-state index contributed by atoms with van der Waals surface area (Å²) in [5.74, 6) is -1.53. The molecule has 1 N–H and O–H groups in total. The molecule has 0 spiro atoms. The summed E-state index contributed by atoms with van der Waals surface area (Å²) in [6.07, 6.45) is 0.0158. The second-order valence-corrected chi connectivity index (χ2v) is 3.58. The summed E-state index contributed by atoms with van der Waals surface area (Å²) in [5.41, 5.74) is 0.735. The molecule has 2 nitrogen and oxygen atoms in total. The highest BCUT2D eigenvalue weighted by atomic mass is 35.5. The zero-order chi connectivity index (χ0) is 10.7. The van der Waals surface area contributed by atoms with Gasteiger partial charge in [-0.15, -0.1) is 0 Å². The normalized spacial score (nSPS) is 12.5. The molecule has 1 atom stereocenters.